The first-order valence-corrected chi connectivity index (χ1v) is 11.9. The Balaban J connectivity index is 1.49. The summed E-state index contributed by atoms with van der Waals surface area (Å²) in [5.74, 6) is 1.04. The van der Waals surface area contributed by atoms with Crippen LogP contribution in [0.25, 0.3) is 33.4 Å². The Hall–Kier alpha value is -4.85. The van der Waals surface area contributed by atoms with Crippen LogP contribution in [0.15, 0.2) is 73.2 Å². The van der Waals surface area contributed by atoms with Gasteiger partial charge in [0, 0.05) is 30.1 Å². The normalized spacial score (nSPS) is 13.1. The van der Waals surface area contributed by atoms with E-state index in [4.69, 9.17) is 10.5 Å². The highest BCUT2D eigenvalue weighted by molar-refractivity contribution is 6.11. The van der Waals surface area contributed by atoms with Gasteiger partial charge in [-0.1, -0.05) is 30.8 Å². The van der Waals surface area contributed by atoms with Crippen molar-refractivity contribution in [3.05, 3.63) is 90.0 Å². The average molecular weight is 489 g/mol. The van der Waals surface area contributed by atoms with Crippen LogP contribution in [-0.2, 0) is 13.5 Å². The van der Waals surface area contributed by atoms with Crippen molar-refractivity contribution in [1.29, 1.82) is 0 Å². The predicted molar refractivity (Wildman–Crippen MR) is 142 cm³/mol. The van der Waals surface area contributed by atoms with Gasteiger partial charge in [0.2, 0.25) is 0 Å². The van der Waals surface area contributed by atoms with Gasteiger partial charge in [0.05, 0.1) is 11.1 Å². The summed E-state index contributed by atoms with van der Waals surface area (Å²) in [5, 5.41) is 0.776. The second kappa shape index (κ2) is 8.67. The van der Waals surface area contributed by atoms with Gasteiger partial charge in [0.15, 0.2) is 5.78 Å². The van der Waals surface area contributed by atoms with Crippen LogP contribution < -0.4 is 10.5 Å². The molecule has 2 aromatic carbocycles. The first kappa shape index (κ1) is 22.6. The van der Waals surface area contributed by atoms with Crippen LogP contribution in [0.4, 0.5) is 5.82 Å². The first-order valence-electron chi connectivity index (χ1n) is 11.9. The molecule has 37 heavy (non-hydrogen) atoms. The largest absolute Gasteiger partial charge is 0.424 e. The van der Waals surface area contributed by atoms with Crippen LogP contribution in [0.1, 0.15) is 28.0 Å². The lowest BCUT2D eigenvalue weighted by atomic mass is 9.86. The van der Waals surface area contributed by atoms with Gasteiger partial charge >= 0.3 is 6.01 Å². The number of nitrogens with zero attached hydrogens (tertiary/aromatic N) is 5. The van der Waals surface area contributed by atoms with Crippen molar-refractivity contribution in [2.45, 2.75) is 19.8 Å². The minimum absolute atomic E-state index is 0.0216. The Labute approximate surface area is 213 Å². The van der Waals surface area contributed by atoms with E-state index in [0.29, 0.717) is 29.6 Å². The highest BCUT2D eigenvalue weighted by Crippen LogP contribution is 2.43. The zero-order valence-electron chi connectivity index (χ0n) is 20.5. The van der Waals surface area contributed by atoms with Crippen molar-refractivity contribution in [1.82, 2.24) is 24.5 Å². The fourth-order valence-electron chi connectivity index (χ4n) is 4.92. The number of carbonyl (C=O) groups excluding carboxylic acids is 1. The van der Waals surface area contributed by atoms with Crippen molar-refractivity contribution >= 4 is 22.6 Å². The highest BCUT2D eigenvalue weighted by Gasteiger charge is 2.25. The van der Waals surface area contributed by atoms with Gasteiger partial charge in [-0.2, -0.15) is 0 Å². The standard InChI is InChI=1S/C29H24N6O2/c1-16-4-5-19-14-20(8-11-22(19)26(16)36)25-23(24-27(30)32-15-33-28(24)35(25)3)18-6-9-21(10-7-18)37-29-31-13-12-17(2)34-29/h6-15H,1,4-5H2,2-3H3,(H2,30,32,33). The van der Waals surface area contributed by atoms with Gasteiger partial charge in [-0.15, -0.1) is 0 Å². The molecule has 2 N–H and O–H groups in total. The zero-order chi connectivity index (χ0) is 25.7. The van der Waals surface area contributed by atoms with Gasteiger partial charge in [0.1, 0.15) is 23.5 Å². The second-order valence-corrected chi connectivity index (χ2v) is 9.15. The van der Waals surface area contributed by atoms with E-state index in [9.17, 15) is 4.79 Å². The first-order chi connectivity index (χ1) is 17.9. The number of hydrogen-bond donors (Lipinski definition) is 1. The maximum absolute atomic E-state index is 12.6. The van der Waals surface area contributed by atoms with E-state index in [-0.39, 0.29) is 5.78 Å². The highest BCUT2D eigenvalue weighted by atomic mass is 16.5. The third-order valence-corrected chi connectivity index (χ3v) is 6.76. The van der Waals surface area contributed by atoms with Gasteiger partial charge in [-0.25, -0.2) is 19.9 Å². The fraction of sp³-hybridized carbons (Fsp3) is 0.138. The summed E-state index contributed by atoms with van der Waals surface area (Å²) in [4.78, 5) is 29.9. The molecule has 5 aromatic rings. The number of ketones is 1. The van der Waals surface area contributed by atoms with Crippen LogP contribution in [0, 0.1) is 6.92 Å². The number of nitrogen functional groups attached to an aromatic ring is 1. The summed E-state index contributed by atoms with van der Waals surface area (Å²) in [5.41, 5.74) is 14.1. The van der Waals surface area contributed by atoms with Gasteiger partial charge in [0.25, 0.3) is 0 Å². The molecular formula is C29H24N6O2. The number of allylic oxidation sites excluding steroid dienone is 1. The molecule has 0 fully saturated rings. The monoisotopic (exact) mass is 488 g/mol. The molecule has 3 aromatic heterocycles. The molecule has 0 bridgehead atoms. The molecular weight excluding hydrogens is 464 g/mol. The molecule has 0 saturated heterocycles. The molecule has 1 aliphatic rings. The molecule has 0 atom stereocenters. The number of hydrogen-bond acceptors (Lipinski definition) is 7. The van der Waals surface area contributed by atoms with E-state index in [1.54, 1.807) is 6.20 Å². The minimum atomic E-state index is 0.0216. The minimum Gasteiger partial charge on any atom is -0.424 e. The van der Waals surface area contributed by atoms with E-state index in [0.717, 1.165) is 56.7 Å². The number of carbonyl (C=O) groups is 1. The van der Waals surface area contributed by atoms with E-state index in [1.807, 2.05) is 61.0 Å². The third-order valence-electron chi connectivity index (χ3n) is 6.76. The summed E-state index contributed by atoms with van der Waals surface area (Å²) in [6.07, 6.45) is 4.59. The van der Waals surface area contributed by atoms with Gasteiger partial charge < -0.3 is 15.0 Å². The maximum atomic E-state index is 12.6. The topological polar surface area (TPSA) is 109 Å². The molecule has 0 spiro atoms. The molecule has 0 amide bonds. The van der Waals surface area contributed by atoms with Crippen LogP contribution in [0.5, 0.6) is 11.8 Å². The van der Waals surface area contributed by atoms with Crippen molar-refractivity contribution in [3.8, 4) is 34.1 Å². The molecule has 8 heteroatoms. The molecule has 3 heterocycles. The zero-order valence-corrected chi connectivity index (χ0v) is 20.5. The SMILES string of the molecule is C=C1CCc2cc(-c3c(-c4ccc(Oc5nccc(C)n5)cc4)c4c(N)ncnc4n3C)ccc2C1=O. The Kier molecular flexibility index (Phi) is 5.30. The van der Waals surface area contributed by atoms with Crippen LogP contribution in [0.3, 0.4) is 0 Å². The Bertz CT molecular complexity index is 1720. The van der Waals surface area contributed by atoms with E-state index in [1.165, 1.54) is 6.33 Å². The number of ether oxygens (including phenoxy) is 1. The number of aryl methyl sites for hydroxylation is 3. The van der Waals surface area contributed by atoms with Crippen LogP contribution in [0.2, 0.25) is 0 Å². The fourth-order valence-corrected chi connectivity index (χ4v) is 4.92. The predicted octanol–water partition coefficient (Wildman–Crippen LogP) is 5.46. The number of rotatable bonds is 4. The molecule has 0 radical (unpaired) electrons. The number of anilines is 1. The number of aromatic nitrogens is 5. The Morgan fingerprint density at radius 2 is 1.78 bits per heavy atom. The van der Waals surface area contributed by atoms with Crippen molar-refractivity contribution in [2.24, 2.45) is 7.05 Å². The molecule has 182 valence electrons. The molecule has 0 aliphatic heterocycles. The van der Waals surface area contributed by atoms with Gasteiger partial charge in [-0.3, -0.25) is 4.79 Å². The summed E-state index contributed by atoms with van der Waals surface area (Å²) in [6, 6.07) is 15.8. The van der Waals surface area contributed by atoms with E-state index >= 15 is 0 Å². The lowest BCUT2D eigenvalue weighted by Crippen LogP contribution is -2.13. The smallest absolute Gasteiger partial charge is 0.322 e. The lowest BCUT2D eigenvalue weighted by molar-refractivity contribution is 0.102. The number of fused-ring (bicyclic) bond motifs is 2. The Morgan fingerprint density at radius 3 is 2.57 bits per heavy atom. The number of Topliss-reactive ketones (excluding diaryl/α,β-unsaturated/α-hetero) is 1. The molecule has 0 unspecified atom stereocenters. The van der Waals surface area contributed by atoms with Crippen molar-refractivity contribution in [3.63, 3.8) is 0 Å². The second-order valence-electron chi connectivity index (χ2n) is 9.15. The van der Waals surface area contributed by atoms with Crippen molar-refractivity contribution in [2.75, 3.05) is 5.73 Å². The molecule has 1 aliphatic carbocycles. The summed E-state index contributed by atoms with van der Waals surface area (Å²) < 4.78 is 7.87. The molecule has 6 rings (SSSR count). The maximum Gasteiger partial charge on any atom is 0.322 e. The summed E-state index contributed by atoms with van der Waals surface area (Å²) in [7, 11) is 1.96. The van der Waals surface area contributed by atoms with Crippen molar-refractivity contribution < 1.29 is 9.53 Å². The summed E-state index contributed by atoms with van der Waals surface area (Å²) >= 11 is 0. The average Bonchev–Trinajstić information content (AvgIpc) is 3.20. The number of nitrogens with two attached hydrogens (primary N) is 1. The summed E-state index contributed by atoms with van der Waals surface area (Å²) in [6.45, 7) is 5.81. The Morgan fingerprint density at radius 1 is 1.00 bits per heavy atom. The third kappa shape index (κ3) is 3.83. The molecule has 0 saturated carbocycles. The van der Waals surface area contributed by atoms with E-state index in [2.05, 4.69) is 32.6 Å². The van der Waals surface area contributed by atoms with Crippen LogP contribution in [-0.4, -0.2) is 30.3 Å². The van der Waals surface area contributed by atoms with E-state index < -0.39 is 0 Å². The lowest BCUT2D eigenvalue weighted by Gasteiger charge is -2.18. The van der Waals surface area contributed by atoms with Crippen LogP contribution >= 0.6 is 0 Å². The van der Waals surface area contributed by atoms with Gasteiger partial charge in [-0.05, 0) is 66.3 Å². The quantitative estimate of drug-likeness (QED) is 0.335. The molecule has 8 nitrogen and oxygen atoms in total. The number of benzene rings is 2.